The zero-order chi connectivity index (χ0) is 25.1. The highest BCUT2D eigenvalue weighted by Gasteiger charge is 2.25. The number of para-hydroxylation sites is 1. The maximum absolute atomic E-state index is 6.26. The Bertz CT molecular complexity index is 1930. The quantitative estimate of drug-likeness (QED) is 0.236. The molecule has 0 amide bonds. The minimum Gasteiger partial charge on any atom is -0.432 e. The fourth-order valence-electron chi connectivity index (χ4n) is 5.62. The van der Waals surface area contributed by atoms with Crippen LogP contribution < -0.4 is 4.90 Å². The summed E-state index contributed by atoms with van der Waals surface area (Å²) in [4.78, 5) is 7.04. The molecule has 0 bridgehead atoms. The highest BCUT2D eigenvalue weighted by molar-refractivity contribution is 7.17. The Labute approximate surface area is 223 Å². The third-order valence-electron chi connectivity index (χ3n) is 7.42. The molecule has 0 atom stereocenters. The Balaban J connectivity index is 1.32. The van der Waals surface area contributed by atoms with Gasteiger partial charge in [0, 0.05) is 10.1 Å². The number of benzene rings is 4. The molecule has 0 saturated carbocycles. The van der Waals surface area contributed by atoms with Gasteiger partial charge >= 0.3 is 11.8 Å². The van der Waals surface area contributed by atoms with Crippen molar-refractivity contribution in [3.8, 4) is 22.3 Å². The van der Waals surface area contributed by atoms with Gasteiger partial charge in [-0.05, 0) is 82.4 Å². The van der Waals surface area contributed by atoms with E-state index in [9.17, 15) is 0 Å². The van der Waals surface area contributed by atoms with Crippen LogP contribution in [0.5, 0.6) is 0 Å². The van der Waals surface area contributed by atoms with Crippen molar-refractivity contribution in [2.45, 2.75) is 12.8 Å². The number of fused-ring (bicyclic) bond motifs is 6. The van der Waals surface area contributed by atoms with Crippen molar-refractivity contribution in [3.63, 3.8) is 0 Å². The van der Waals surface area contributed by atoms with Gasteiger partial charge in [-0.2, -0.15) is 4.98 Å². The fourth-order valence-corrected chi connectivity index (χ4v) is 6.41. The summed E-state index contributed by atoms with van der Waals surface area (Å²) < 4.78 is 13.4. The van der Waals surface area contributed by atoms with Crippen molar-refractivity contribution in [2.24, 2.45) is 0 Å². The first-order valence-corrected chi connectivity index (χ1v) is 13.6. The lowest BCUT2D eigenvalue weighted by Gasteiger charge is -2.25. The van der Waals surface area contributed by atoms with Crippen molar-refractivity contribution >= 4 is 50.1 Å². The van der Waals surface area contributed by atoms with E-state index in [-0.39, 0.29) is 0 Å². The van der Waals surface area contributed by atoms with E-state index in [2.05, 4.69) is 70.9 Å². The van der Waals surface area contributed by atoms with E-state index in [1.165, 1.54) is 32.3 Å². The zero-order valence-corrected chi connectivity index (χ0v) is 21.2. The smallest absolute Gasteiger partial charge is 0.320 e. The summed E-state index contributed by atoms with van der Waals surface area (Å²) in [7, 11) is 0. The van der Waals surface area contributed by atoms with Crippen LogP contribution in [-0.2, 0) is 12.8 Å². The number of anilines is 3. The van der Waals surface area contributed by atoms with Crippen LogP contribution in [0.15, 0.2) is 118 Å². The van der Waals surface area contributed by atoms with Crippen molar-refractivity contribution in [3.05, 3.63) is 120 Å². The maximum Gasteiger partial charge on any atom is 0.320 e. The van der Waals surface area contributed by atoms with Crippen LogP contribution >= 0.6 is 11.3 Å². The van der Waals surface area contributed by atoms with Gasteiger partial charge in [0.15, 0.2) is 5.52 Å². The van der Waals surface area contributed by atoms with Gasteiger partial charge in [-0.3, -0.25) is 4.90 Å². The molecule has 38 heavy (non-hydrogen) atoms. The number of nitrogens with zero attached hydrogens (tertiary/aromatic N) is 2. The molecule has 4 aromatic carbocycles. The van der Waals surface area contributed by atoms with Crippen LogP contribution in [0, 0.1) is 0 Å². The molecule has 4 nitrogen and oxygen atoms in total. The Morgan fingerprint density at radius 1 is 0.737 bits per heavy atom. The largest absolute Gasteiger partial charge is 0.432 e. The van der Waals surface area contributed by atoms with Crippen molar-refractivity contribution in [2.75, 3.05) is 4.90 Å². The van der Waals surface area contributed by atoms with Crippen molar-refractivity contribution in [1.29, 1.82) is 0 Å². The minimum atomic E-state index is 0.420. The monoisotopic (exact) mass is 510 g/mol. The third-order valence-corrected chi connectivity index (χ3v) is 8.30. The number of oxazole rings is 1. The van der Waals surface area contributed by atoms with E-state index in [0.29, 0.717) is 11.8 Å². The van der Waals surface area contributed by atoms with Crippen LogP contribution in [-0.4, -0.2) is 4.98 Å². The molecule has 0 N–H and O–H groups in total. The lowest BCUT2D eigenvalue weighted by atomic mass is 9.83. The van der Waals surface area contributed by atoms with Gasteiger partial charge in [-0.1, -0.05) is 60.7 Å². The number of aromatic nitrogens is 1. The Morgan fingerprint density at radius 3 is 2.39 bits per heavy atom. The molecule has 0 radical (unpaired) electrons. The van der Waals surface area contributed by atoms with Crippen LogP contribution in [0.25, 0.3) is 43.6 Å². The van der Waals surface area contributed by atoms with Gasteiger partial charge in [0.05, 0.1) is 16.9 Å². The Morgan fingerprint density at radius 2 is 1.53 bits per heavy atom. The van der Waals surface area contributed by atoms with E-state index in [1.807, 2.05) is 36.4 Å². The van der Waals surface area contributed by atoms with Crippen molar-refractivity contribution < 1.29 is 8.83 Å². The van der Waals surface area contributed by atoms with Gasteiger partial charge in [0.25, 0.3) is 0 Å². The lowest BCUT2D eigenvalue weighted by molar-refractivity contribution is 0.479. The van der Waals surface area contributed by atoms with E-state index >= 15 is 0 Å². The summed E-state index contributed by atoms with van der Waals surface area (Å²) in [6.45, 7) is 0. The summed E-state index contributed by atoms with van der Waals surface area (Å²) in [5.41, 5.74) is 10.1. The average Bonchev–Trinajstić information content (AvgIpc) is 3.70. The molecule has 3 aromatic heterocycles. The molecule has 182 valence electrons. The number of hydrogen-bond acceptors (Lipinski definition) is 5. The second-order valence-electron chi connectivity index (χ2n) is 9.59. The number of aryl methyl sites for hydroxylation is 2. The summed E-state index contributed by atoms with van der Waals surface area (Å²) in [5, 5.41) is 3.52. The van der Waals surface area contributed by atoms with Crippen LogP contribution in [0.3, 0.4) is 0 Å². The molecule has 5 heteroatoms. The molecule has 1 aliphatic rings. The molecule has 0 saturated heterocycles. The van der Waals surface area contributed by atoms with E-state index in [0.717, 1.165) is 40.9 Å². The molecule has 0 fully saturated rings. The van der Waals surface area contributed by atoms with Gasteiger partial charge in [-0.15, -0.1) is 11.3 Å². The van der Waals surface area contributed by atoms with Crippen LogP contribution in [0.1, 0.15) is 11.1 Å². The molecule has 0 aliphatic heterocycles. The molecule has 7 aromatic rings. The first-order chi connectivity index (χ1) is 18.8. The summed E-state index contributed by atoms with van der Waals surface area (Å²) in [6, 6.07) is 34.4. The molecule has 0 unspecified atom stereocenters. The van der Waals surface area contributed by atoms with Gasteiger partial charge in [0.2, 0.25) is 0 Å². The SMILES string of the molecule is c1ccc(-c2coc3oc(N(c4ccccc4)c4ccc5c(c4)-c4c(ccc6sccc46)CC5)nc23)cc1. The minimum absolute atomic E-state index is 0.420. The van der Waals surface area contributed by atoms with E-state index < -0.39 is 0 Å². The zero-order valence-electron chi connectivity index (χ0n) is 20.4. The van der Waals surface area contributed by atoms with Crippen LogP contribution in [0.4, 0.5) is 17.4 Å². The summed E-state index contributed by atoms with van der Waals surface area (Å²) in [6.07, 6.45) is 3.82. The molecule has 0 spiro atoms. The summed E-state index contributed by atoms with van der Waals surface area (Å²) >= 11 is 1.80. The normalized spacial score (nSPS) is 12.5. The van der Waals surface area contributed by atoms with Crippen LogP contribution in [0.2, 0.25) is 0 Å². The van der Waals surface area contributed by atoms with Crippen molar-refractivity contribution in [1.82, 2.24) is 4.98 Å². The second-order valence-corrected chi connectivity index (χ2v) is 10.5. The first kappa shape index (κ1) is 21.5. The van der Waals surface area contributed by atoms with Gasteiger partial charge < -0.3 is 8.83 Å². The molecule has 8 rings (SSSR count). The highest BCUT2D eigenvalue weighted by Crippen LogP contribution is 2.44. The number of hydrogen-bond donors (Lipinski definition) is 0. The average molecular weight is 511 g/mol. The van der Waals surface area contributed by atoms with Gasteiger partial charge in [-0.25, -0.2) is 0 Å². The predicted octanol–water partition coefficient (Wildman–Crippen LogP) is 9.54. The first-order valence-electron chi connectivity index (χ1n) is 12.7. The number of thiophene rings is 1. The lowest BCUT2D eigenvalue weighted by Crippen LogP contribution is -2.12. The Hall–Kier alpha value is -4.61. The molecular formula is C33H22N2O2S. The summed E-state index contributed by atoms with van der Waals surface area (Å²) in [5.74, 6) is 0.420. The predicted molar refractivity (Wildman–Crippen MR) is 155 cm³/mol. The van der Waals surface area contributed by atoms with E-state index in [4.69, 9.17) is 13.8 Å². The molecular weight excluding hydrogens is 488 g/mol. The van der Waals surface area contributed by atoms with Gasteiger partial charge in [0.1, 0.15) is 6.26 Å². The molecule has 3 heterocycles. The second kappa shape index (κ2) is 8.47. The number of rotatable bonds is 4. The fraction of sp³-hybridized carbons (Fsp3) is 0.0606. The Kier molecular flexibility index (Phi) is 4.79. The standard InChI is InChI=1S/C33H22N2O2S/c1-3-7-21(8-4-1)28-20-36-32-31(28)34-33(37-32)35(24-9-5-2-6-10-24)25-15-13-22-11-12-23-14-16-29-26(17-18-38-29)30(23)27(22)19-25/h1-10,13-20H,11-12H2. The maximum atomic E-state index is 6.26. The topological polar surface area (TPSA) is 42.4 Å². The number of furan rings is 1. The third kappa shape index (κ3) is 3.32. The van der Waals surface area contributed by atoms with E-state index in [1.54, 1.807) is 17.6 Å². The highest BCUT2D eigenvalue weighted by atomic mass is 32.1. The molecule has 1 aliphatic carbocycles.